The molecule has 1 spiro atoms. The lowest BCUT2D eigenvalue weighted by Crippen LogP contribution is -2.58. The van der Waals surface area contributed by atoms with Gasteiger partial charge in [0.05, 0.1) is 11.9 Å². The summed E-state index contributed by atoms with van der Waals surface area (Å²) in [6, 6.07) is 10.0. The van der Waals surface area contributed by atoms with Gasteiger partial charge >= 0.3 is 0 Å². The lowest BCUT2D eigenvalue weighted by molar-refractivity contribution is 0.0909. The fourth-order valence-corrected chi connectivity index (χ4v) is 4.89. The van der Waals surface area contributed by atoms with E-state index in [-0.39, 0.29) is 0 Å². The molecule has 4 heterocycles. The number of ether oxygens (including phenoxy) is 1. The average Bonchev–Trinajstić information content (AvgIpc) is 2.93. The number of pyridine rings is 2. The van der Waals surface area contributed by atoms with Crippen LogP contribution >= 0.6 is 11.8 Å². The summed E-state index contributed by atoms with van der Waals surface area (Å²) in [4.78, 5) is 11.0. The highest BCUT2D eigenvalue weighted by Gasteiger charge is 2.49. The van der Waals surface area contributed by atoms with Crippen LogP contribution < -0.4 is 4.74 Å². The molecule has 2 aromatic rings. The zero-order valence-electron chi connectivity index (χ0n) is 12.4. The molecule has 0 aliphatic carbocycles. The Kier molecular flexibility index (Phi) is 3.76. The molecule has 2 saturated heterocycles. The molecule has 0 bridgehead atoms. The van der Waals surface area contributed by atoms with Gasteiger partial charge in [-0.2, -0.15) is 0 Å². The van der Waals surface area contributed by atoms with Crippen LogP contribution in [0.15, 0.2) is 48.9 Å². The summed E-state index contributed by atoms with van der Waals surface area (Å²) in [5.41, 5.74) is 1.16. The molecule has 0 saturated carbocycles. The quantitative estimate of drug-likeness (QED) is 0.867. The van der Waals surface area contributed by atoms with E-state index in [4.69, 9.17) is 4.74 Å². The van der Waals surface area contributed by atoms with E-state index in [0.29, 0.717) is 10.9 Å². The van der Waals surface area contributed by atoms with Crippen molar-refractivity contribution in [3.63, 3.8) is 0 Å². The van der Waals surface area contributed by atoms with Gasteiger partial charge < -0.3 is 4.74 Å². The highest BCUT2D eigenvalue weighted by molar-refractivity contribution is 8.01. The largest absolute Gasteiger partial charge is 0.488 e. The Morgan fingerprint density at radius 3 is 2.95 bits per heavy atom. The first-order valence-electron chi connectivity index (χ1n) is 7.64. The first-order valence-corrected chi connectivity index (χ1v) is 8.63. The number of rotatable bonds is 4. The van der Waals surface area contributed by atoms with Crippen molar-refractivity contribution in [3.05, 3.63) is 54.6 Å². The third-order valence-corrected chi connectivity index (χ3v) is 5.82. The van der Waals surface area contributed by atoms with Crippen LogP contribution in [0.3, 0.4) is 0 Å². The fraction of sp³-hybridized carbons (Fsp3) is 0.412. The van der Waals surface area contributed by atoms with Crippen molar-refractivity contribution in [2.24, 2.45) is 0 Å². The molecule has 1 atom stereocenters. The van der Waals surface area contributed by atoms with E-state index in [1.165, 1.54) is 0 Å². The van der Waals surface area contributed by atoms with Gasteiger partial charge in [0.2, 0.25) is 0 Å². The van der Waals surface area contributed by atoms with Gasteiger partial charge in [-0.3, -0.25) is 14.9 Å². The Labute approximate surface area is 134 Å². The number of nitrogens with zero attached hydrogens (tertiary/aromatic N) is 3. The standard InChI is InChI=1S/C17H19N3OS/c1-2-7-19-14(4-1)10-20-12-17(13-20)8-16(11-22-17)21-15-5-3-6-18-9-15/h1-7,9,16H,8,10-13H2. The third kappa shape index (κ3) is 2.96. The molecule has 0 amide bonds. The van der Waals surface area contributed by atoms with E-state index in [1.54, 1.807) is 12.4 Å². The van der Waals surface area contributed by atoms with Crippen LogP contribution in [0.2, 0.25) is 0 Å². The maximum atomic E-state index is 6.05. The monoisotopic (exact) mass is 313 g/mol. The van der Waals surface area contributed by atoms with Gasteiger partial charge in [-0.25, -0.2) is 0 Å². The van der Waals surface area contributed by atoms with E-state index < -0.39 is 0 Å². The molecule has 4 nitrogen and oxygen atoms in total. The van der Waals surface area contributed by atoms with Crippen molar-refractivity contribution in [3.8, 4) is 5.75 Å². The molecule has 4 rings (SSSR count). The average molecular weight is 313 g/mol. The summed E-state index contributed by atoms with van der Waals surface area (Å²) in [5.74, 6) is 1.96. The highest BCUT2D eigenvalue weighted by Crippen LogP contribution is 2.46. The molecule has 114 valence electrons. The van der Waals surface area contributed by atoms with Crippen molar-refractivity contribution in [1.82, 2.24) is 14.9 Å². The minimum Gasteiger partial charge on any atom is -0.488 e. The number of thioether (sulfide) groups is 1. The second-order valence-corrected chi connectivity index (χ2v) is 7.58. The van der Waals surface area contributed by atoms with Crippen LogP contribution in [0.4, 0.5) is 0 Å². The fourth-order valence-electron chi connectivity index (χ4n) is 3.31. The molecule has 0 aromatic carbocycles. The number of hydrogen-bond donors (Lipinski definition) is 0. The Bertz CT molecular complexity index is 616. The molecule has 22 heavy (non-hydrogen) atoms. The van der Waals surface area contributed by atoms with Gasteiger partial charge in [0.1, 0.15) is 11.9 Å². The molecule has 0 N–H and O–H groups in total. The molecule has 5 heteroatoms. The van der Waals surface area contributed by atoms with E-state index in [0.717, 1.165) is 43.3 Å². The topological polar surface area (TPSA) is 38.2 Å². The number of hydrogen-bond acceptors (Lipinski definition) is 5. The van der Waals surface area contributed by atoms with Crippen LogP contribution in [0, 0.1) is 0 Å². The van der Waals surface area contributed by atoms with E-state index in [9.17, 15) is 0 Å². The predicted octanol–water partition coefficient (Wildman–Crippen LogP) is 2.62. The number of likely N-dealkylation sites (tertiary alicyclic amines) is 1. The van der Waals surface area contributed by atoms with Gasteiger partial charge in [0, 0.05) is 48.9 Å². The summed E-state index contributed by atoms with van der Waals surface area (Å²) in [5, 5.41) is 0. The van der Waals surface area contributed by atoms with Crippen molar-refractivity contribution in [2.75, 3.05) is 18.8 Å². The molecule has 0 radical (unpaired) electrons. The van der Waals surface area contributed by atoms with E-state index in [2.05, 4.69) is 38.8 Å². The molecule has 2 fully saturated rings. The predicted molar refractivity (Wildman–Crippen MR) is 88.0 cm³/mol. The summed E-state index contributed by atoms with van der Waals surface area (Å²) >= 11 is 2.07. The minimum absolute atomic E-state index is 0.311. The Morgan fingerprint density at radius 2 is 2.18 bits per heavy atom. The Morgan fingerprint density at radius 1 is 1.23 bits per heavy atom. The van der Waals surface area contributed by atoms with Crippen LogP contribution in [0.1, 0.15) is 12.1 Å². The zero-order valence-corrected chi connectivity index (χ0v) is 13.2. The van der Waals surface area contributed by atoms with Crippen LogP contribution in [-0.4, -0.2) is 44.6 Å². The van der Waals surface area contributed by atoms with Crippen molar-refractivity contribution >= 4 is 11.8 Å². The third-order valence-electron chi connectivity index (χ3n) is 4.25. The molecule has 2 aromatic heterocycles. The zero-order chi connectivity index (χ0) is 14.8. The molecule has 2 aliphatic heterocycles. The van der Waals surface area contributed by atoms with Gasteiger partial charge in [-0.15, -0.1) is 11.8 Å². The van der Waals surface area contributed by atoms with Crippen molar-refractivity contribution in [2.45, 2.75) is 23.8 Å². The SMILES string of the molecule is c1ccc(CN2CC3(CC(Oc4cccnc4)CS3)C2)nc1. The summed E-state index contributed by atoms with van der Waals surface area (Å²) in [7, 11) is 0. The first kappa shape index (κ1) is 14.0. The van der Waals surface area contributed by atoms with Crippen molar-refractivity contribution in [1.29, 1.82) is 0 Å². The van der Waals surface area contributed by atoms with Gasteiger partial charge in [-0.1, -0.05) is 6.07 Å². The minimum atomic E-state index is 0.311. The maximum absolute atomic E-state index is 6.05. The van der Waals surface area contributed by atoms with Crippen LogP contribution in [0.25, 0.3) is 0 Å². The van der Waals surface area contributed by atoms with E-state index >= 15 is 0 Å². The summed E-state index contributed by atoms with van der Waals surface area (Å²) in [6.45, 7) is 3.24. The second-order valence-electron chi connectivity index (χ2n) is 6.09. The van der Waals surface area contributed by atoms with E-state index in [1.807, 2.05) is 24.4 Å². The highest BCUT2D eigenvalue weighted by atomic mass is 32.2. The Hall–Kier alpha value is -1.59. The first-order chi connectivity index (χ1) is 10.8. The molecule has 2 aliphatic rings. The molecular formula is C17H19N3OS. The second kappa shape index (κ2) is 5.89. The number of aromatic nitrogens is 2. The summed E-state index contributed by atoms with van der Waals surface area (Å²) in [6.07, 6.45) is 6.88. The van der Waals surface area contributed by atoms with Gasteiger partial charge in [0.25, 0.3) is 0 Å². The summed E-state index contributed by atoms with van der Waals surface area (Å²) < 4.78 is 6.44. The lowest BCUT2D eigenvalue weighted by Gasteiger charge is -2.47. The van der Waals surface area contributed by atoms with Crippen LogP contribution in [0.5, 0.6) is 5.75 Å². The van der Waals surface area contributed by atoms with Crippen LogP contribution in [-0.2, 0) is 6.54 Å². The molecular weight excluding hydrogens is 294 g/mol. The lowest BCUT2D eigenvalue weighted by atomic mass is 9.93. The maximum Gasteiger partial charge on any atom is 0.138 e. The van der Waals surface area contributed by atoms with Crippen molar-refractivity contribution < 1.29 is 4.74 Å². The smallest absolute Gasteiger partial charge is 0.138 e. The normalized spacial score (nSPS) is 23.4. The van der Waals surface area contributed by atoms with Gasteiger partial charge in [-0.05, 0) is 24.3 Å². The Balaban J connectivity index is 1.29. The van der Waals surface area contributed by atoms with Gasteiger partial charge in [0.15, 0.2) is 0 Å². The molecule has 1 unspecified atom stereocenters.